The van der Waals surface area contributed by atoms with Crippen LogP contribution in [0.4, 0.5) is 11.4 Å². The Morgan fingerprint density at radius 2 is 2.21 bits per heavy atom. The number of nitrogen functional groups attached to an aromatic ring is 1. The van der Waals surface area contributed by atoms with E-state index in [4.69, 9.17) is 10.8 Å². The maximum atomic E-state index is 10.9. The number of nitrogens with one attached hydrogen (secondary N) is 1. The molecular weight excluding hydrogens is 242 g/mol. The highest BCUT2D eigenvalue weighted by molar-refractivity contribution is 5.90. The second-order valence-electron chi connectivity index (χ2n) is 4.15. The van der Waals surface area contributed by atoms with E-state index in [-0.39, 0.29) is 5.56 Å². The van der Waals surface area contributed by atoms with E-state index < -0.39 is 5.97 Å². The number of carboxylic acids is 1. The van der Waals surface area contributed by atoms with Crippen molar-refractivity contribution < 1.29 is 9.90 Å². The molecule has 5 heteroatoms. The molecule has 0 aliphatic rings. The van der Waals surface area contributed by atoms with Crippen molar-refractivity contribution in [2.45, 2.75) is 6.42 Å². The van der Waals surface area contributed by atoms with Gasteiger partial charge in [0.2, 0.25) is 0 Å². The number of aromatic carboxylic acids is 1. The molecule has 0 saturated heterocycles. The van der Waals surface area contributed by atoms with Crippen molar-refractivity contribution in [3.63, 3.8) is 0 Å². The first-order chi connectivity index (χ1) is 9.16. The van der Waals surface area contributed by atoms with Crippen molar-refractivity contribution in [2.24, 2.45) is 0 Å². The molecule has 1 aromatic carbocycles. The van der Waals surface area contributed by atoms with Crippen LogP contribution in [0.2, 0.25) is 0 Å². The van der Waals surface area contributed by atoms with Crippen LogP contribution in [-0.4, -0.2) is 22.6 Å². The lowest BCUT2D eigenvalue weighted by Gasteiger charge is -2.10. The third kappa shape index (κ3) is 3.45. The number of anilines is 2. The minimum absolute atomic E-state index is 0.220. The predicted octanol–water partition coefficient (Wildman–Crippen LogP) is 2.02. The molecular formula is C14H15N3O2. The highest BCUT2D eigenvalue weighted by Gasteiger charge is 2.06. The molecule has 1 aromatic heterocycles. The standard InChI is InChI=1S/C14H15N3O2/c15-12-4-3-11(14(18)19)8-13(12)17-7-5-10-2-1-6-16-9-10/h1-4,6,8-9,17H,5,7,15H2,(H,18,19). The predicted molar refractivity (Wildman–Crippen MR) is 74.2 cm³/mol. The maximum absolute atomic E-state index is 10.9. The van der Waals surface area contributed by atoms with Gasteiger partial charge in [0.1, 0.15) is 0 Å². The number of nitrogens with zero attached hydrogens (tertiary/aromatic N) is 1. The summed E-state index contributed by atoms with van der Waals surface area (Å²) in [5.41, 5.74) is 8.32. The molecule has 0 aliphatic carbocycles. The zero-order valence-corrected chi connectivity index (χ0v) is 10.3. The second kappa shape index (κ2) is 5.86. The van der Waals surface area contributed by atoms with Crippen LogP contribution in [-0.2, 0) is 6.42 Å². The van der Waals surface area contributed by atoms with Crippen molar-refractivity contribution in [1.82, 2.24) is 4.98 Å². The van der Waals surface area contributed by atoms with Crippen LogP contribution in [0.25, 0.3) is 0 Å². The third-order valence-electron chi connectivity index (χ3n) is 2.75. The fourth-order valence-electron chi connectivity index (χ4n) is 1.73. The van der Waals surface area contributed by atoms with Crippen LogP contribution in [0.1, 0.15) is 15.9 Å². The van der Waals surface area contributed by atoms with Crippen molar-refractivity contribution in [2.75, 3.05) is 17.6 Å². The lowest BCUT2D eigenvalue weighted by atomic mass is 10.1. The van der Waals surface area contributed by atoms with E-state index in [1.807, 2.05) is 12.1 Å². The molecule has 0 aliphatic heterocycles. The van der Waals surface area contributed by atoms with Gasteiger partial charge < -0.3 is 16.2 Å². The minimum atomic E-state index is -0.963. The SMILES string of the molecule is Nc1ccc(C(=O)O)cc1NCCc1cccnc1. The Balaban J connectivity index is 1.99. The molecule has 2 rings (SSSR count). The van der Waals surface area contributed by atoms with Gasteiger partial charge in [-0.2, -0.15) is 0 Å². The number of carboxylic acid groups (broad SMARTS) is 1. The van der Waals surface area contributed by atoms with Gasteiger partial charge >= 0.3 is 5.97 Å². The first kappa shape index (κ1) is 12.9. The number of benzene rings is 1. The number of carbonyl (C=O) groups is 1. The number of hydrogen-bond donors (Lipinski definition) is 3. The van der Waals surface area contributed by atoms with E-state index in [9.17, 15) is 4.79 Å². The van der Waals surface area contributed by atoms with Crippen LogP contribution >= 0.6 is 0 Å². The Morgan fingerprint density at radius 1 is 1.37 bits per heavy atom. The molecule has 0 atom stereocenters. The summed E-state index contributed by atoms with van der Waals surface area (Å²) in [7, 11) is 0. The van der Waals surface area contributed by atoms with Gasteiger partial charge in [-0.1, -0.05) is 6.07 Å². The lowest BCUT2D eigenvalue weighted by Crippen LogP contribution is -2.08. The van der Waals surface area contributed by atoms with E-state index in [1.54, 1.807) is 24.5 Å². The van der Waals surface area contributed by atoms with Gasteiger partial charge in [0, 0.05) is 18.9 Å². The monoisotopic (exact) mass is 257 g/mol. The summed E-state index contributed by atoms with van der Waals surface area (Å²) in [6, 6.07) is 8.50. The smallest absolute Gasteiger partial charge is 0.335 e. The molecule has 0 unspecified atom stereocenters. The molecule has 1 heterocycles. The first-order valence-corrected chi connectivity index (χ1v) is 5.92. The van der Waals surface area contributed by atoms with Crippen LogP contribution in [0.5, 0.6) is 0 Å². The summed E-state index contributed by atoms with van der Waals surface area (Å²) in [6.45, 7) is 0.666. The third-order valence-corrected chi connectivity index (χ3v) is 2.75. The second-order valence-corrected chi connectivity index (χ2v) is 4.15. The zero-order valence-electron chi connectivity index (χ0n) is 10.3. The van der Waals surface area contributed by atoms with Gasteiger partial charge in [-0.25, -0.2) is 4.79 Å². The fraction of sp³-hybridized carbons (Fsp3) is 0.143. The molecule has 4 N–H and O–H groups in total. The molecule has 0 fully saturated rings. The van der Waals surface area contributed by atoms with Gasteiger partial charge in [0.15, 0.2) is 0 Å². The number of rotatable bonds is 5. The summed E-state index contributed by atoms with van der Waals surface area (Å²) in [5.74, 6) is -0.963. The highest BCUT2D eigenvalue weighted by atomic mass is 16.4. The van der Waals surface area contributed by atoms with Crippen LogP contribution in [0, 0.1) is 0 Å². The minimum Gasteiger partial charge on any atom is -0.478 e. The van der Waals surface area contributed by atoms with Gasteiger partial charge in [0.25, 0.3) is 0 Å². The zero-order chi connectivity index (χ0) is 13.7. The molecule has 98 valence electrons. The normalized spacial score (nSPS) is 10.1. The van der Waals surface area contributed by atoms with Gasteiger partial charge in [0.05, 0.1) is 16.9 Å². The quantitative estimate of drug-likeness (QED) is 0.713. The van der Waals surface area contributed by atoms with Crippen molar-refractivity contribution in [3.8, 4) is 0 Å². The van der Waals surface area contributed by atoms with Crippen molar-refractivity contribution in [3.05, 3.63) is 53.9 Å². The van der Waals surface area contributed by atoms with Crippen LogP contribution in [0.3, 0.4) is 0 Å². The van der Waals surface area contributed by atoms with Crippen LogP contribution < -0.4 is 11.1 Å². The van der Waals surface area contributed by atoms with Crippen molar-refractivity contribution in [1.29, 1.82) is 0 Å². The highest BCUT2D eigenvalue weighted by Crippen LogP contribution is 2.20. The van der Waals surface area contributed by atoms with Crippen LogP contribution in [0.15, 0.2) is 42.7 Å². The Bertz CT molecular complexity index is 570. The molecule has 0 spiro atoms. The average Bonchev–Trinajstić information content (AvgIpc) is 2.42. The fourth-order valence-corrected chi connectivity index (χ4v) is 1.73. The summed E-state index contributed by atoms with van der Waals surface area (Å²) in [6.07, 6.45) is 4.33. The largest absolute Gasteiger partial charge is 0.478 e. The van der Waals surface area contributed by atoms with E-state index in [0.717, 1.165) is 12.0 Å². The molecule has 0 radical (unpaired) electrons. The number of nitrogens with two attached hydrogens (primary N) is 1. The Kier molecular flexibility index (Phi) is 3.97. The molecule has 0 bridgehead atoms. The van der Waals surface area contributed by atoms with Gasteiger partial charge in [-0.15, -0.1) is 0 Å². The topological polar surface area (TPSA) is 88.2 Å². The van der Waals surface area contributed by atoms with E-state index in [0.29, 0.717) is 17.9 Å². The molecule has 19 heavy (non-hydrogen) atoms. The summed E-state index contributed by atoms with van der Waals surface area (Å²) >= 11 is 0. The maximum Gasteiger partial charge on any atom is 0.335 e. The Morgan fingerprint density at radius 3 is 2.89 bits per heavy atom. The Labute approximate surface area is 111 Å². The number of aromatic nitrogens is 1. The van der Waals surface area contributed by atoms with E-state index in [1.165, 1.54) is 6.07 Å². The Hall–Kier alpha value is -2.56. The van der Waals surface area contributed by atoms with Gasteiger partial charge in [-0.05, 0) is 36.2 Å². The lowest BCUT2D eigenvalue weighted by molar-refractivity contribution is 0.0697. The number of pyridine rings is 1. The van der Waals surface area contributed by atoms with Crippen molar-refractivity contribution >= 4 is 17.3 Å². The average molecular weight is 257 g/mol. The number of hydrogen-bond acceptors (Lipinski definition) is 4. The summed E-state index contributed by atoms with van der Waals surface area (Å²) in [5, 5.41) is 12.1. The van der Waals surface area contributed by atoms with E-state index >= 15 is 0 Å². The molecule has 0 saturated carbocycles. The first-order valence-electron chi connectivity index (χ1n) is 5.92. The summed E-state index contributed by atoms with van der Waals surface area (Å²) in [4.78, 5) is 14.9. The van der Waals surface area contributed by atoms with E-state index in [2.05, 4.69) is 10.3 Å². The molecule has 2 aromatic rings. The van der Waals surface area contributed by atoms with Gasteiger partial charge in [-0.3, -0.25) is 4.98 Å². The molecule has 0 amide bonds. The molecule has 5 nitrogen and oxygen atoms in total. The summed E-state index contributed by atoms with van der Waals surface area (Å²) < 4.78 is 0.